The average molecular weight is 211 g/mol. The van der Waals surface area contributed by atoms with Gasteiger partial charge in [-0.25, -0.2) is 0 Å². The third kappa shape index (κ3) is 3.84. The summed E-state index contributed by atoms with van der Waals surface area (Å²) in [7, 11) is 0. The molecule has 0 radical (unpaired) electrons. The first kappa shape index (κ1) is 11.1. The zero-order chi connectivity index (χ0) is 10.4. The second-order valence-corrected chi connectivity index (χ2v) is 3.60. The second kappa shape index (κ2) is 5.71. The van der Waals surface area contributed by atoms with Crippen LogP contribution in [0.1, 0.15) is 19.4 Å². The van der Waals surface area contributed by atoms with Crippen LogP contribution in [0.5, 0.6) is 5.75 Å². The molecule has 0 saturated heterocycles. The van der Waals surface area contributed by atoms with Gasteiger partial charge >= 0.3 is 0 Å². The highest BCUT2D eigenvalue weighted by Gasteiger charge is 1.96. The number of ether oxygens (including phenoxy) is 1. The average Bonchev–Trinajstić information content (AvgIpc) is 2.14. The molecule has 0 aliphatic carbocycles. The molecule has 76 valence electrons. The van der Waals surface area contributed by atoms with E-state index in [0.29, 0.717) is 5.88 Å². The first-order valence-corrected chi connectivity index (χ1v) is 5.25. The van der Waals surface area contributed by atoms with Gasteiger partial charge < -0.3 is 4.74 Å². The summed E-state index contributed by atoms with van der Waals surface area (Å²) >= 11 is 5.56. The van der Waals surface area contributed by atoms with Gasteiger partial charge in [-0.15, -0.1) is 11.6 Å². The molecule has 1 aromatic rings. The fraction of sp³-hybridized carbons (Fsp3) is 0.333. The van der Waals surface area contributed by atoms with E-state index in [4.69, 9.17) is 16.3 Å². The van der Waals surface area contributed by atoms with Gasteiger partial charge in [-0.2, -0.15) is 0 Å². The molecule has 0 aliphatic heterocycles. The molecule has 1 nitrogen and oxygen atoms in total. The molecule has 1 aromatic carbocycles. The number of alkyl halides is 1. The minimum absolute atomic E-state index is 0.210. The van der Waals surface area contributed by atoms with Gasteiger partial charge in [0.2, 0.25) is 0 Å². The van der Waals surface area contributed by atoms with Crippen molar-refractivity contribution in [3.63, 3.8) is 0 Å². The standard InChI is InChI=1S/C12H15ClO/c1-10(2)14-12-7-3-5-11(9-12)6-4-8-13/h3-7,9-10H,8H2,1-2H3. The maximum Gasteiger partial charge on any atom is 0.120 e. The van der Waals surface area contributed by atoms with Crippen molar-refractivity contribution >= 4 is 17.7 Å². The number of rotatable bonds is 4. The highest BCUT2D eigenvalue weighted by molar-refractivity contribution is 6.19. The highest BCUT2D eigenvalue weighted by atomic mass is 35.5. The molecule has 0 spiro atoms. The van der Waals surface area contributed by atoms with E-state index < -0.39 is 0 Å². The fourth-order valence-electron chi connectivity index (χ4n) is 1.14. The maximum atomic E-state index is 5.57. The minimum Gasteiger partial charge on any atom is -0.491 e. The number of hydrogen-bond donors (Lipinski definition) is 0. The van der Waals surface area contributed by atoms with Gasteiger partial charge in [0.1, 0.15) is 5.75 Å². The number of allylic oxidation sites excluding steroid dienone is 1. The third-order valence-corrected chi connectivity index (χ3v) is 1.81. The molecular formula is C12H15ClO. The van der Waals surface area contributed by atoms with Crippen LogP contribution >= 0.6 is 11.6 Å². The second-order valence-electron chi connectivity index (χ2n) is 3.30. The summed E-state index contributed by atoms with van der Waals surface area (Å²) in [5.41, 5.74) is 1.11. The monoisotopic (exact) mass is 210 g/mol. The van der Waals surface area contributed by atoms with Crippen molar-refractivity contribution in [2.75, 3.05) is 5.88 Å². The van der Waals surface area contributed by atoms with Crippen LogP contribution in [0.25, 0.3) is 6.08 Å². The minimum atomic E-state index is 0.210. The van der Waals surface area contributed by atoms with Crippen molar-refractivity contribution in [1.29, 1.82) is 0 Å². The van der Waals surface area contributed by atoms with Gasteiger partial charge in [-0.3, -0.25) is 0 Å². The van der Waals surface area contributed by atoms with E-state index >= 15 is 0 Å². The van der Waals surface area contributed by atoms with E-state index in [0.717, 1.165) is 11.3 Å². The Bertz CT molecular complexity index is 305. The van der Waals surface area contributed by atoms with Gasteiger partial charge in [0, 0.05) is 5.88 Å². The lowest BCUT2D eigenvalue weighted by molar-refractivity contribution is 0.242. The maximum absolute atomic E-state index is 5.57. The van der Waals surface area contributed by atoms with Crippen LogP contribution < -0.4 is 4.74 Å². The molecule has 0 atom stereocenters. The number of halogens is 1. The SMILES string of the molecule is CC(C)Oc1cccc(C=CCCl)c1. The number of hydrogen-bond acceptors (Lipinski definition) is 1. The van der Waals surface area contributed by atoms with Crippen molar-refractivity contribution in [3.8, 4) is 5.75 Å². The molecule has 0 heterocycles. The molecule has 14 heavy (non-hydrogen) atoms. The van der Waals surface area contributed by atoms with Gasteiger partial charge in [0.15, 0.2) is 0 Å². The van der Waals surface area contributed by atoms with E-state index in [1.165, 1.54) is 0 Å². The zero-order valence-corrected chi connectivity index (χ0v) is 9.29. The van der Waals surface area contributed by atoms with Crippen molar-refractivity contribution in [1.82, 2.24) is 0 Å². The molecule has 0 amide bonds. The Labute approximate surface area is 90.3 Å². The van der Waals surface area contributed by atoms with Gasteiger partial charge in [0.05, 0.1) is 6.10 Å². The Kier molecular flexibility index (Phi) is 4.54. The van der Waals surface area contributed by atoms with Gasteiger partial charge in [-0.1, -0.05) is 24.3 Å². The summed E-state index contributed by atoms with van der Waals surface area (Å²) in [6, 6.07) is 7.96. The Morgan fingerprint density at radius 1 is 1.43 bits per heavy atom. The van der Waals surface area contributed by atoms with Crippen LogP contribution in [0.2, 0.25) is 0 Å². The van der Waals surface area contributed by atoms with Gasteiger partial charge in [0.25, 0.3) is 0 Å². The van der Waals surface area contributed by atoms with Crippen LogP contribution in [0.4, 0.5) is 0 Å². The Morgan fingerprint density at radius 3 is 2.86 bits per heavy atom. The molecule has 1 rings (SSSR count). The van der Waals surface area contributed by atoms with Crippen LogP contribution in [-0.2, 0) is 0 Å². The van der Waals surface area contributed by atoms with E-state index in [1.54, 1.807) is 0 Å². The lowest BCUT2D eigenvalue weighted by Gasteiger charge is -2.09. The first-order chi connectivity index (χ1) is 6.72. The molecule has 0 aliphatic rings. The summed E-state index contributed by atoms with van der Waals surface area (Å²) in [6.45, 7) is 4.03. The van der Waals surface area contributed by atoms with Crippen molar-refractivity contribution in [2.45, 2.75) is 20.0 Å². The molecule has 0 bridgehead atoms. The quantitative estimate of drug-likeness (QED) is 0.689. The topological polar surface area (TPSA) is 9.23 Å². The molecule has 0 aromatic heterocycles. The molecule has 0 N–H and O–H groups in total. The van der Waals surface area contributed by atoms with E-state index in [2.05, 4.69) is 0 Å². The Hall–Kier alpha value is -0.950. The smallest absolute Gasteiger partial charge is 0.120 e. The normalized spacial score (nSPS) is 11.1. The molecule has 2 heteroatoms. The molecule has 0 saturated carbocycles. The zero-order valence-electron chi connectivity index (χ0n) is 8.53. The highest BCUT2D eigenvalue weighted by Crippen LogP contribution is 2.15. The Balaban J connectivity index is 2.73. The Morgan fingerprint density at radius 2 is 2.21 bits per heavy atom. The summed E-state index contributed by atoms with van der Waals surface area (Å²) < 4.78 is 5.57. The first-order valence-electron chi connectivity index (χ1n) is 4.71. The molecule has 0 fully saturated rings. The van der Waals surface area contributed by atoms with E-state index in [1.807, 2.05) is 50.3 Å². The fourth-order valence-corrected chi connectivity index (χ4v) is 1.23. The van der Waals surface area contributed by atoms with Crippen LogP contribution in [0.15, 0.2) is 30.3 Å². The van der Waals surface area contributed by atoms with Crippen molar-refractivity contribution in [2.24, 2.45) is 0 Å². The van der Waals surface area contributed by atoms with Crippen LogP contribution in [-0.4, -0.2) is 12.0 Å². The van der Waals surface area contributed by atoms with Crippen LogP contribution in [0, 0.1) is 0 Å². The summed E-state index contributed by atoms with van der Waals surface area (Å²) in [6.07, 6.45) is 4.11. The third-order valence-electron chi connectivity index (χ3n) is 1.63. The van der Waals surface area contributed by atoms with Crippen LogP contribution in [0.3, 0.4) is 0 Å². The van der Waals surface area contributed by atoms with Gasteiger partial charge in [-0.05, 0) is 31.5 Å². The lowest BCUT2D eigenvalue weighted by atomic mass is 10.2. The largest absolute Gasteiger partial charge is 0.491 e. The summed E-state index contributed by atoms with van der Waals surface area (Å²) in [5, 5.41) is 0. The van der Waals surface area contributed by atoms with Crippen molar-refractivity contribution in [3.05, 3.63) is 35.9 Å². The van der Waals surface area contributed by atoms with E-state index in [9.17, 15) is 0 Å². The molecule has 0 unspecified atom stereocenters. The van der Waals surface area contributed by atoms with E-state index in [-0.39, 0.29) is 6.10 Å². The molecular weight excluding hydrogens is 196 g/mol. The summed E-state index contributed by atoms with van der Waals surface area (Å²) in [4.78, 5) is 0. The number of benzene rings is 1. The lowest BCUT2D eigenvalue weighted by Crippen LogP contribution is -2.05. The van der Waals surface area contributed by atoms with Crippen molar-refractivity contribution < 1.29 is 4.74 Å². The predicted molar refractivity (Wildman–Crippen MR) is 62.0 cm³/mol. The summed E-state index contributed by atoms with van der Waals surface area (Å²) in [5.74, 6) is 1.44. The predicted octanol–water partition coefficient (Wildman–Crippen LogP) is 3.73.